The van der Waals surface area contributed by atoms with Gasteiger partial charge in [-0.2, -0.15) is 0 Å². The summed E-state index contributed by atoms with van der Waals surface area (Å²) >= 11 is 0. The molecule has 2 fully saturated rings. The van der Waals surface area contributed by atoms with Crippen LogP contribution in [0.15, 0.2) is 12.1 Å². The SMILES string of the molecule is COc1cc2c(cc1O)CC[C@@H]1[C@@H]2CC[C@]2(C)[C@@H](O)CC[C@@]12N. The van der Waals surface area contributed by atoms with Gasteiger partial charge >= 0.3 is 0 Å². The largest absolute Gasteiger partial charge is 0.504 e. The highest BCUT2D eigenvalue weighted by Crippen LogP contribution is 2.62. The fourth-order valence-electron chi connectivity index (χ4n) is 5.81. The minimum atomic E-state index is -0.280. The van der Waals surface area contributed by atoms with Gasteiger partial charge in [-0.1, -0.05) is 6.92 Å². The van der Waals surface area contributed by atoms with Crippen molar-refractivity contribution in [2.75, 3.05) is 7.11 Å². The van der Waals surface area contributed by atoms with E-state index in [1.165, 1.54) is 11.1 Å². The molecule has 0 spiro atoms. The van der Waals surface area contributed by atoms with Gasteiger partial charge in [-0.25, -0.2) is 0 Å². The lowest BCUT2D eigenvalue weighted by Gasteiger charge is -2.56. The van der Waals surface area contributed by atoms with Gasteiger partial charge in [-0.15, -0.1) is 0 Å². The van der Waals surface area contributed by atoms with E-state index < -0.39 is 0 Å². The van der Waals surface area contributed by atoms with Crippen LogP contribution in [-0.2, 0) is 6.42 Å². The highest BCUT2D eigenvalue weighted by atomic mass is 16.5. The maximum absolute atomic E-state index is 10.5. The zero-order valence-corrected chi connectivity index (χ0v) is 14.0. The number of phenolic OH excluding ortho intramolecular Hbond substituents is 1. The van der Waals surface area contributed by atoms with Gasteiger partial charge in [0.05, 0.1) is 13.2 Å². The molecule has 3 aliphatic rings. The van der Waals surface area contributed by atoms with Crippen LogP contribution in [0.5, 0.6) is 11.5 Å². The molecule has 0 unspecified atom stereocenters. The summed E-state index contributed by atoms with van der Waals surface area (Å²) in [6.07, 6.45) is 5.47. The monoisotopic (exact) mass is 317 g/mol. The number of fused-ring (bicyclic) bond motifs is 5. The van der Waals surface area contributed by atoms with Crippen LogP contribution in [0, 0.1) is 11.3 Å². The van der Waals surface area contributed by atoms with Crippen molar-refractivity contribution in [1.29, 1.82) is 0 Å². The fraction of sp³-hybridized carbons (Fsp3) is 0.684. The first-order valence-electron chi connectivity index (χ1n) is 8.77. The second-order valence-electron chi connectivity index (χ2n) is 8.03. The molecule has 0 aliphatic heterocycles. The third kappa shape index (κ3) is 1.85. The van der Waals surface area contributed by atoms with Gasteiger partial charge in [0.15, 0.2) is 11.5 Å². The number of nitrogens with two attached hydrogens (primary N) is 1. The molecule has 0 aromatic heterocycles. The maximum Gasteiger partial charge on any atom is 0.160 e. The first kappa shape index (κ1) is 15.3. The Morgan fingerprint density at radius 2 is 2.00 bits per heavy atom. The van der Waals surface area contributed by atoms with E-state index in [-0.39, 0.29) is 22.8 Å². The maximum atomic E-state index is 10.5. The van der Waals surface area contributed by atoms with E-state index in [1.54, 1.807) is 7.11 Å². The Bertz CT molecular complexity index is 646. The Kier molecular flexibility index (Phi) is 3.23. The fourth-order valence-corrected chi connectivity index (χ4v) is 5.81. The van der Waals surface area contributed by atoms with Gasteiger partial charge in [0.1, 0.15) is 0 Å². The van der Waals surface area contributed by atoms with Crippen molar-refractivity contribution in [3.8, 4) is 11.5 Å². The summed E-state index contributed by atoms with van der Waals surface area (Å²) in [4.78, 5) is 0. The quantitative estimate of drug-likeness (QED) is 0.744. The number of aliphatic hydroxyl groups is 1. The molecule has 0 bridgehead atoms. The topological polar surface area (TPSA) is 75.7 Å². The standard InChI is InChI=1S/C19H27NO3/c1-18-7-5-12-13-10-16(23-2)15(21)9-11(13)3-4-14(12)19(18,20)8-6-17(18)22/h9-10,12,14,17,21-22H,3-8,20H2,1-2H3/t12-,14-,17+,18-,19-/m1/s1. The minimum Gasteiger partial charge on any atom is -0.504 e. The average Bonchev–Trinajstić information content (AvgIpc) is 2.78. The van der Waals surface area contributed by atoms with E-state index in [9.17, 15) is 10.2 Å². The number of phenols is 1. The van der Waals surface area contributed by atoms with Crippen molar-refractivity contribution >= 4 is 0 Å². The number of ether oxygens (including phenoxy) is 1. The minimum absolute atomic E-state index is 0.160. The van der Waals surface area contributed by atoms with Crippen LogP contribution in [-0.4, -0.2) is 29.0 Å². The highest BCUT2D eigenvalue weighted by molar-refractivity contribution is 5.49. The van der Waals surface area contributed by atoms with Gasteiger partial charge in [-0.3, -0.25) is 0 Å². The lowest BCUT2D eigenvalue weighted by Crippen LogP contribution is -2.63. The van der Waals surface area contributed by atoms with Gasteiger partial charge in [0.2, 0.25) is 0 Å². The van der Waals surface area contributed by atoms with Crippen LogP contribution in [0.25, 0.3) is 0 Å². The second-order valence-corrected chi connectivity index (χ2v) is 8.03. The molecule has 2 saturated carbocycles. The van der Waals surface area contributed by atoms with Crippen molar-refractivity contribution in [3.05, 3.63) is 23.3 Å². The van der Waals surface area contributed by atoms with Crippen LogP contribution in [0.4, 0.5) is 0 Å². The van der Waals surface area contributed by atoms with E-state index in [0.717, 1.165) is 38.5 Å². The predicted molar refractivity (Wildman–Crippen MR) is 88.7 cm³/mol. The van der Waals surface area contributed by atoms with E-state index in [4.69, 9.17) is 10.5 Å². The van der Waals surface area contributed by atoms with Crippen molar-refractivity contribution in [2.45, 2.75) is 63.0 Å². The van der Waals surface area contributed by atoms with Crippen LogP contribution in [0.3, 0.4) is 0 Å². The van der Waals surface area contributed by atoms with Gasteiger partial charge < -0.3 is 20.7 Å². The Balaban J connectivity index is 1.78. The third-order valence-corrected chi connectivity index (χ3v) is 7.32. The average molecular weight is 317 g/mol. The summed E-state index contributed by atoms with van der Waals surface area (Å²) in [5, 5.41) is 20.6. The molecule has 5 atom stereocenters. The number of hydrogen-bond acceptors (Lipinski definition) is 4. The molecule has 4 nitrogen and oxygen atoms in total. The number of hydrogen-bond donors (Lipinski definition) is 3. The number of aliphatic hydroxyl groups excluding tert-OH is 1. The second kappa shape index (κ2) is 4.87. The molecular formula is C19H27NO3. The number of methoxy groups -OCH3 is 1. The first-order valence-corrected chi connectivity index (χ1v) is 8.77. The highest BCUT2D eigenvalue weighted by Gasteiger charge is 2.62. The third-order valence-electron chi connectivity index (χ3n) is 7.32. The summed E-state index contributed by atoms with van der Waals surface area (Å²) in [5.41, 5.74) is 9.05. The molecule has 3 aliphatic carbocycles. The van der Waals surface area contributed by atoms with Crippen LogP contribution < -0.4 is 10.5 Å². The van der Waals surface area contributed by atoms with Crippen molar-refractivity contribution < 1.29 is 14.9 Å². The molecule has 0 amide bonds. The molecule has 4 rings (SSSR count). The van der Waals surface area contributed by atoms with E-state index >= 15 is 0 Å². The van der Waals surface area contributed by atoms with Gasteiger partial charge in [0, 0.05) is 11.0 Å². The van der Waals surface area contributed by atoms with Crippen LogP contribution in [0.1, 0.15) is 56.1 Å². The normalized spacial score (nSPS) is 41.8. The molecule has 0 radical (unpaired) electrons. The Morgan fingerprint density at radius 1 is 1.22 bits per heavy atom. The summed E-state index contributed by atoms with van der Waals surface area (Å²) in [6.45, 7) is 2.19. The zero-order valence-electron chi connectivity index (χ0n) is 14.0. The van der Waals surface area contributed by atoms with Gasteiger partial charge in [-0.05, 0) is 73.6 Å². The summed E-state index contributed by atoms with van der Waals surface area (Å²) in [7, 11) is 1.59. The predicted octanol–water partition coefficient (Wildman–Crippen LogP) is 2.70. The van der Waals surface area contributed by atoms with Crippen molar-refractivity contribution in [1.82, 2.24) is 0 Å². The van der Waals surface area contributed by atoms with E-state index in [2.05, 4.69) is 6.92 Å². The Morgan fingerprint density at radius 3 is 2.74 bits per heavy atom. The Labute approximate surface area is 137 Å². The molecule has 1 aromatic carbocycles. The smallest absolute Gasteiger partial charge is 0.160 e. The first-order chi connectivity index (χ1) is 10.9. The molecule has 4 N–H and O–H groups in total. The molecule has 1 aromatic rings. The van der Waals surface area contributed by atoms with E-state index in [0.29, 0.717) is 17.6 Å². The summed E-state index contributed by atoms with van der Waals surface area (Å²) < 4.78 is 5.32. The lowest BCUT2D eigenvalue weighted by atomic mass is 9.51. The molecule has 126 valence electrons. The van der Waals surface area contributed by atoms with Gasteiger partial charge in [0.25, 0.3) is 0 Å². The number of aromatic hydroxyl groups is 1. The summed E-state index contributed by atoms with van der Waals surface area (Å²) in [6, 6.07) is 3.88. The van der Waals surface area contributed by atoms with E-state index in [1.807, 2.05) is 12.1 Å². The molecular weight excluding hydrogens is 290 g/mol. The summed E-state index contributed by atoms with van der Waals surface area (Å²) in [5.74, 6) is 1.59. The zero-order chi connectivity index (χ0) is 16.4. The van der Waals surface area contributed by atoms with Crippen LogP contribution in [0.2, 0.25) is 0 Å². The van der Waals surface area contributed by atoms with Crippen LogP contribution >= 0.6 is 0 Å². The number of rotatable bonds is 1. The number of aryl methyl sites for hydroxylation is 1. The van der Waals surface area contributed by atoms with Crippen molar-refractivity contribution in [3.63, 3.8) is 0 Å². The lowest BCUT2D eigenvalue weighted by molar-refractivity contribution is -0.0405. The molecule has 23 heavy (non-hydrogen) atoms. The number of benzene rings is 1. The molecule has 0 saturated heterocycles. The van der Waals surface area contributed by atoms with Crippen molar-refractivity contribution in [2.24, 2.45) is 17.1 Å². The Hall–Kier alpha value is -1.26. The molecule has 0 heterocycles. The molecule has 4 heteroatoms.